The van der Waals surface area contributed by atoms with Crippen LogP contribution in [0.25, 0.3) is 0 Å². The van der Waals surface area contributed by atoms with Crippen molar-refractivity contribution in [2.45, 2.75) is 26.2 Å². The molecule has 1 heterocycles. The summed E-state index contributed by atoms with van der Waals surface area (Å²) in [5.74, 6) is -1.50. The second kappa shape index (κ2) is 4.68. The second-order valence-electron chi connectivity index (χ2n) is 4.36. The SMILES string of the molecule is CCCCCN1C(=O)c2cc(O)cc(O)c2C1=O. The first-order valence-electron chi connectivity index (χ1n) is 5.98. The van der Waals surface area contributed by atoms with E-state index < -0.39 is 11.8 Å². The van der Waals surface area contributed by atoms with Crippen LogP contribution in [0.15, 0.2) is 12.1 Å². The van der Waals surface area contributed by atoms with Crippen LogP contribution in [0.4, 0.5) is 0 Å². The summed E-state index contributed by atoms with van der Waals surface area (Å²) in [7, 11) is 0. The molecule has 0 aliphatic carbocycles. The van der Waals surface area contributed by atoms with Gasteiger partial charge in [0.05, 0.1) is 11.1 Å². The van der Waals surface area contributed by atoms with Crippen LogP contribution in [-0.4, -0.2) is 33.5 Å². The predicted octanol–water partition coefficient (Wildman–Crippen LogP) is 1.88. The summed E-state index contributed by atoms with van der Waals surface area (Å²) >= 11 is 0. The number of unbranched alkanes of at least 4 members (excludes halogenated alkanes) is 2. The number of nitrogens with zero attached hydrogens (tertiary/aromatic N) is 1. The minimum absolute atomic E-state index is 0.00528. The van der Waals surface area contributed by atoms with Crippen LogP contribution in [0, 0.1) is 0 Å². The maximum absolute atomic E-state index is 12.0. The Kier molecular flexibility index (Phi) is 3.23. The monoisotopic (exact) mass is 249 g/mol. The van der Waals surface area contributed by atoms with Crippen molar-refractivity contribution in [3.05, 3.63) is 23.3 Å². The lowest BCUT2D eigenvalue weighted by Crippen LogP contribution is -2.30. The summed E-state index contributed by atoms with van der Waals surface area (Å²) in [5.41, 5.74) is 0.0725. The van der Waals surface area contributed by atoms with Crippen LogP contribution in [0.1, 0.15) is 46.9 Å². The molecule has 96 valence electrons. The molecule has 0 saturated carbocycles. The van der Waals surface area contributed by atoms with E-state index in [0.717, 1.165) is 30.2 Å². The maximum Gasteiger partial charge on any atom is 0.265 e. The quantitative estimate of drug-likeness (QED) is 0.631. The molecule has 0 radical (unpaired) electrons. The average molecular weight is 249 g/mol. The molecule has 1 aromatic carbocycles. The number of aromatic hydroxyl groups is 2. The van der Waals surface area contributed by atoms with Gasteiger partial charge in [-0.25, -0.2) is 0 Å². The normalized spacial score (nSPS) is 14.2. The third-order valence-corrected chi connectivity index (χ3v) is 3.02. The lowest BCUT2D eigenvalue weighted by molar-refractivity contribution is 0.0651. The number of fused-ring (bicyclic) bond motifs is 1. The van der Waals surface area contributed by atoms with Crippen molar-refractivity contribution in [2.75, 3.05) is 6.54 Å². The van der Waals surface area contributed by atoms with Gasteiger partial charge in [0.15, 0.2) is 0 Å². The third kappa shape index (κ3) is 1.92. The van der Waals surface area contributed by atoms with Gasteiger partial charge in [0.1, 0.15) is 11.5 Å². The molecule has 0 atom stereocenters. The second-order valence-corrected chi connectivity index (χ2v) is 4.36. The number of rotatable bonds is 4. The van der Waals surface area contributed by atoms with E-state index in [0.29, 0.717) is 6.54 Å². The zero-order chi connectivity index (χ0) is 13.3. The van der Waals surface area contributed by atoms with Crippen LogP contribution in [0.2, 0.25) is 0 Å². The Morgan fingerprint density at radius 2 is 1.83 bits per heavy atom. The van der Waals surface area contributed by atoms with Gasteiger partial charge in [-0.15, -0.1) is 0 Å². The van der Waals surface area contributed by atoms with Gasteiger partial charge in [-0.3, -0.25) is 14.5 Å². The molecule has 0 fully saturated rings. The fourth-order valence-electron chi connectivity index (χ4n) is 2.10. The van der Waals surface area contributed by atoms with Crippen molar-refractivity contribution in [3.8, 4) is 11.5 Å². The van der Waals surface area contributed by atoms with Gasteiger partial charge in [0.2, 0.25) is 0 Å². The summed E-state index contributed by atoms with van der Waals surface area (Å²) in [4.78, 5) is 25.1. The number of imide groups is 1. The molecule has 0 unspecified atom stereocenters. The largest absolute Gasteiger partial charge is 0.508 e. The molecule has 1 aromatic rings. The highest BCUT2D eigenvalue weighted by Crippen LogP contribution is 2.33. The molecule has 0 bridgehead atoms. The van der Waals surface area contributed by atoms with Crippen molar-refractivity contribution in [1.29, 1.82) is 0 Å². The summed E-state index contributed by atoms with van der Waals surface area (Å²) < 4.78 is 0. The number of phenols is 2. The first kappa shape index (κ1) is 12.4. The Bertz CT molecular complexity index is 510. The Labute approximate surface area is 105 Å². The van der Waals surface area contributed by atoms with E-state index in [-0.39, 0.29) is 22.6 Å². The Morgan fingerprint density at radius 3 is 2.50 bits per heavy atom. The molecule has 5 nitrogen and oxygen atoms in total. The van der Waals surface area contributed by atoms with E-state index in [1.54, 1.807) is 0 Å². The summed E-state index contributed by atoms with van der Waals surface area (Å²) in [5, 5.41) is 19.0. The fourth-order valence-corrected chi connectivity index (χ4v) is 2.10. The minimum Gasteiger partial charge on any atom is -0.508 e. The van der Waals surface area contributed by atoms with Crippen LogP contribution in [-0.2, 0) is 0 Å². The van der Waals surface area contributed by atoms with Crippen molar-refractivity contribution >= 4 is 11.8 Å². The molecular formula is C13H15NO4. The molecule has 2 rings (SSSR count). The van der Waals surface area contributed by atoms with Gasteiger partial charge in [0, 0.05) is 12.6 Å². The zero-order valence-electron chi connectivity index (χ0n) is 10.1. The van der Waals surface area contributed by atoms with E-state index in [2.05, 4.69) is 0 Å². The molecule has 18 heavy (non-hydrogen) atoms. The minimum atomic E-state index is -0.483. The van der Waals surface area contributed by atoms with Crippen molar-refractivity contribution in [3.63, 3.8) is 0 Å². The Morgan fingerprint density at radius 1 is 1.11 bits per heavy atom. The van der Waals surface area contributed by atoms with Crippen LogP contribution in [0.5, 0.6) is 11.5 Å². The number of benzene rings is 1. The molecule has 2 N–H and O–H groups in total. The van der Waals surface area contributed by atoms with Crippen LogP contribution >= 0.6 is 0 Å². The summed E-state index contributed by atoms with van der Waals surface area (Å²) in [6.45, 7) is 2.38. The smallest absolute Gasteiger partial charge is 0.265 e. The topological polar surface area (TPSA) is 77.8 Å². The number of carbonyl (C=O) groups excluding carboxylic acids is 2. The fraction of sp³-hybridized carbons (Fsp3) is 0.385. The van der Waals surface area contributed by atoms with E-state index in [1.807, 2.05) is 6.92 Å². The highest BCUT2D eigenvalue weighted by atomic mass is 16.3. The zero-order valence-corrected chi connectivity index (χ0v) is 10.1. The van der Waals surface area contributed by atoms with E-state index in [4.69, 9.17) is 0 Å². The number of phenolic OH excluding ortho intramolecular Hbond substituents is 2. The third-order valence-electron chi connectivity index (χ3n) is 3.02. The van der Waals surface area contributed by atoms with Gasteiger partial charge in [-0.2, -0.15) is 0 Å². The van der Waals surface area contributed by atoms with Gasteiger partial charge in [-0.05, 0) is 12.5 Å². The first-order valence-corrected chi connectivity index (χ1v) is 5.98. The molecule has 5 heteroatoms. The van der Waals surface area contributed by atoms with E-state index in [9.17, 15) is 19.8 Å². The van der Waals surface area contributed by atoms with Crippen molar-refractivity contribution in [1.82, 2.24) is 4.90 Å². The number of hydrogen-bond acceptors (Lipinski definition) is 4. The van der Waals surface area contributed by atoms with Gasteiger partial charge in [-0.1, -0.05) is 19.8 Å². The molecule has 0 saturated heterocycles. The molecule has 0 spiro atoms. The Balaban J connectivity index is 2.29. The molecule has 1 aliphatic rings. The standard InChI is InChI=1S/C13H15NO4/c1-2-3-4-5-14-12(17)9-6-8(15)7-10(16)11(9)13(14)18/h6-7,15-16H,2-5H2,1H3. The van der Waals surface area contributed by atoms with Gasteiger partial charge in [0.25, 0.3) is 11.8 Å². The number of carbonyl (C=O) groups is 2. The predicted molar refractivity (Wildman–Crippen MR) is 64.7 cm³/mol. The number of hydrogen-bond donors (Lipinski definition) is 2. The van der Waals surface area contributed by atoms with Gasteiger partial charge >= 0.3 is 0 Å². The van der Waals surface area contributed by atoms with Gasteiger partial charge < -0.3 is 10.2 Å². The first-order chi connectivity index (χ1) is 8.56. The molecular weight excluding hydrogens is 234 g/mol. The molecule has 1 aliphatic heterocycles. The van der Waals surface area contributed by atoms with Crippen molar-refractivity contribution < 1.29 is 19.8 Å². The highest BCUT2D eigenvalue weighted by Gasteiger charge is 2.37. The highest BCUT2D eigenvalue weighted by molar-refractivity contribution is 6.22. The summed E-state index contributed by atoms with van der Waals surface area (Å²) in [6, 6.07) is 2.29. The van der Waals surface area contributed by atoms with E-state index >= 15 is 0 Å². The van der Waals surface area contributed by atoms with Crippen LogP contribution in [0.3, 0.4) is 0 Å². The summed E-state index contributed by atoms with van der Waals surface area (Å²) in [6.07, 6.45) is 2.68. The van der Waals surface area contributed by atoms with Crippen LogP contribution < -0.4 is 0 Å². The van der Waals surface area contributed by atoms with Crippen molar-refractivity contribution in [2.24, 2.45) is 0 Å². The Hall–Kier alpha value is -2.04. The molecule has 0 aromatic heterocycles. The maximum atomic E-state index is 12.0. The lowest BCUT2D eigenvalue weighted by Gasteiger charge is -2.12. The average Bonchev–Trinajstić information content (AvgIpc) is 2.54. The number of amides is 2. The molecule has 2 amide bonds. The lowest BCUT2D eigenvalue weighted by atomic mass is 10.1. The van der Waals surface area contributed by atoms with E-state index in [1.165, 1.54) is 6.07 Å².